The van der Waals surface area contributed by atoms with Gasteiger partial charge in [-0.05, 0) is 12.1 Å². The molecule has 0 radical (unpaired) electrons. The first-order valence-electron chi connectivity index (χ1n) is 5.66. The first-order valence-corrected chi connectivity index (χ1v) is 6.65. The monoisotopic (exact) mass is 309 g/mol. The Kier molecular flexibility index (Phi) is 5.68. The van der Waals surface area contributed by atoms with E-state index in [0.29, 0.717) is 4.90 Å². The smallest absolute Gasteiger partial charge is 0.327 e. The number of carboxylic acids is 1. The van der Waals surface area contributed by atoms with Crippen molar-refractivity contribution >= 4 is 29.3 Å². The third-order valence-corrected chi connectivity index (χ3v) is 3.46. The van der Waals surface area contributed by atoms with Gasteiger partial charge in [-0.25, -0.2) is 4.79 Å². The van der Waals surface area contributed by atoms with E-state index in [1.165, 1.54) is 25.1 Å². The predicted molar refractivity (Wildman–Crippen MR) is 73.8 cm³/mol. The van der Waals surface area contributed by atoms with Crippen molar-refractivity contribution in [1.29, 1.82) is 5.26 Å². The molecule has 1 aromatic carbocycles. The zero-order valence-electron chi connectivity index (χ0n) is 10.9. The molecular formula is C12H11N3O5S. The van der Waals surface area contributed by atoms with Gasteiger partial charge in [-0.3, -0.25) is 14.9 Å². The van der Waals surface area contributed by atoms with Crippen molar-refractivity contribution in [2.24, 2.45) is 0 Å². The third-order valence-electron chi connectivity index (χ3n) is 2.38. The molecule has 8 nitrogen and oxygen atoms in total. The largest absolute Gasteiger partial charge is 0.480 e. The minimum absolute atomic E-state index is 0.0393. The first kappa shape index (κ1) is 16.5. The molecule has 110 valence electrons. The molecule has 9 heteroatoms. The van der Waals surface area contributed by atoms with Crippen molar-refractivity contribution in [2.45, 2.75) is 17.9 Å². The number of aliphatic carboxylic acids is 1. The summed E-state index contributed by atoms with van der Waals surface area (Å²) in [6.07, 6.45) is 0. The van der Waals surface area contributed by atoms with E-state index < -0.39 is 22.8 Å². The first-order chi connectivity index (χ1) is 9.85. The van der Waals surface area contributed by atoms with E-state index >= 15 is 0 Å². The van der Waals surface area contributed by atoms with Crippen LogP contribution in [0.4, 0.5) is 5.69 Å². The zero-order chi connectivity index (χ0) is 16.0. The highest BCUT2D eigenvalue weighted by Crippen LogP contribution is 2.26. The Morgan fingerprint density at radius 1 is 1.57 bits per heavy atom. The number of carbonyl (C=O) groups is 2. The van der Waals surface area contributed by atoms with Crippen molar-refractivity contribution < 1.29 is 19.6 Å². The molecule has 0 aliphatic rings. The number of nitrogens with one attached hydrogen (secondary N) is 1. The predicted octanol–water partition coefficient (Wildman–Crippen LogP) is 1.15. The fourth-order valence-electron chi connectivity index (χ4n) is 1.45. The summed E-state index contributed by atoms with van der Waals surface area (Å²) < 4.78 is 0. The van der Waals surface area contributed by atoms with Gasteiger partial charge in [-0.1, -0.05) is 0 Å². The van der Waals surface area contributed by atoms with Crippen molar-refractivity contribution in [2.75, 3.05) is 5.75 Å². The Morgan fingerprint density at radius 2 is 2.24 bits per heavy atom. The number of nitro groups is 1. The average Bonchev–Trinajstić information content (AvgIpc) is 2.42. The number of hydrogen-bond donors (Lipinski definition) is 2. The van der Waals surface area contributed by atoms with Crippen LogP contribution >= 0.6 is 11.8 Å². The van der Waals surface area contributed by atoms with E-state index in [9.17, 15) is 19.7 Å². The SMILES string of the molecule is CC(=O)N[C@@H](CSc1ccc([N+](=O)[O-])c(C#N)c1)C(=O)O. The minimum atomic E-state index is -1.18. The lowest BCUT2D eigenvalue weighted by Gasteiger charge is -2.12. The van der Waals surface area contributed by atoms with E-state index in [1.54, 1.807) is 6.07 Å². The van der Waals surface area contributed by atoms with Crippen LogP contribution in [0.15, 0.2) is 23.1 Å². The van der Waals surface area contributed by atoms with Crippen LogP contribution in [0.25, 0.3) is 0 Å². The molecule has 1 amide bonds. The van der Waals surface area contributed by atoms with Crippen molar-refractivity contribution in [3.63, 3.8) is 0 Å². The standard InChI is InChI=1S/C12H11N3O5S/c1-7(16)14-10(12(17)18)6-21-9-2-3-11(15(19)20)8(4-9)5-13/h2-4,10H,6H2,1H3,(H,14,16)(H,17,18)/t10-/m0/s1. The lowest BCUT2D eigenvalue weighted by atomic mass is 10.2. The van der Waals surface area contributed by atoms with E-state index in [2.05, 4.69) is 5.32 Å². The highest BCUT2D eigenvalue weighted by Gasteiger charge is 2.19. The van der Waals surface area contributed by atoms with E-state index in [0.717, 1.165) is 11.8 Å². The summed E-state index contributed by atoms with van der Waals surface area (Å²) in [4.78, 5) is 32.4. The number of benzene rings is 1. The summed E-state index contributed by atoms with van der Waals surface area (Å²) in [6.45, 7) is 1.21. The van der Waals surface area contributed by atoms with E-state index in [1.807, 2.05) is 0 Å². The van der Waals surface area contributed by atoms with Crippen molar-refractivity contribution in [3.05, 3.63) is 33.9 Å². The molecule has 1 rings (SSSR count). The molecule has 0 aromatic heterocycles. The highest BCUT2D eigenvalue weighted by atomic mass is 32.2. The van der Waals surface area contributed by atoms with Gasteiger partial charge in [0.2, 0.25) is 5.91 Å². The van der Waals surface area contributed by atoms with Gasteiger partial charge in [-0.2, -0.15) is 5.26 Å². The number of amides is 1. The Hall–Kier alpha value is -2.60. The molecule has 1 atom stereocenters. The van der Waals surface area contributed by atoms with Gasteiger partial charge in [0, 0.05) is 23.6 Å². The van der Waals surface area contributed by atoms with Gasteiger partial charge < -0.3 is 10.4 Å². The molecule has 2 N–H and O–H groups in total. The van der Waals surface area contributed by atoms with E-state index in [4.69, 9.17) is 10.4 Å². The molecule has 21 heavy (non-hydrogen) atoms. The van der Waals surface area contributed by atoms with Crippen LogP contribution in [0.2, 0.25) is 0 Å². The summed E-state index contributed by atoms with van der Waals surface area (Å²) in [5.74, 6) is -1.61. The number of hydrogen-bond acceptors (Lipinski definition) is 6. The zero-order valence-corrected chi connectivity index (χ0v) is 11.7. The second-order valence-corrected chi connectivity index (χ2v) is 5.04. The van der Waals surface area contributed by atoms with Crippen LogP contribution in [0, 0.1) is 21.4 Å². The number of carbonyl (C=O) groups excluding carboxylic acids is 1. The van der Waals surface area contributed by atoms with Gasteiger partial charge in [-0.15, -0.1) is 11.8 Å². The maximum absolute atomic E-state index is 11.0. The van der Waals surface area contributed by atoms with Gasteiger partial charge in [0.25, 0.3) is 5.69 Å². The second kappa shape index (κ2) is 7.25. The van der Waals surface area contributed by atoms with Crippen LogP contribution in [-0.4, -0.2) is 33.7 Å². The fraction of sp³-hybridized carbons (Fsp3) is 0.250. The van der Waals surface area contributed by atoms with Crippen LogP contribution in [0.3, 0.4) is 0 Å². The molecule has 0 heterocycles. The number of carboxylic acid groups (broad SMARTS) is 1. The summed E-state index contributed by atoms with van der Waals surface area (Å²) in [7, 11) is 0. The molecule has 0 aliphatic heterocycles. The Labute approximate surface area is 123 Å². The van der Waals surface area contributed by atoms with Crippen LogP contribution in [0.5, 0.6) is 0 Å². The van der Waals surface area contributed by atoms with Gasteiger partial charge in [0.15, 0.2) is 0 Å². The Morgan fingerprint density at radius 3 is 2.71 bits per heavy atom. The molecule has 0 unspecified atom stereocenters. The summed E-state index contributed by atoms with van der Waals surface area (Å²) in [5.41, 5.74) is -0.408. The number of nitrogens with zero attached hydrogens (tertiary/aromatic N) is 2. The van der Waals surface area contributed by atoms with Crippen LogP contribution in [-0.2, 0) is 9.59 Å². The number of nitriles is 1. The summed E-state index contributed by atoms with van der Waals surface area (Å²) >= 11 is 1.08. The normalized spacial score (nSPS) is 11.2. The van der Waals surface area contributed by atoms with Crippen LogP contribution < -0.4 is 5.32 Å². The number of thioether (sulfide) groups is 1. The van der Waals surface area contributed by atoms with E-state index in [-0.39, 0.29) is 17.0 Å². The fourth-order valence-corrected chi connectivity index (χ4v) is 2.40. The molecular weight excluding hydrogens is 298 g/mol. The second-order valence-electron chi connectivity index (χ2n) is 3.95. The summed E-state index contributed by atoms with van der Waals surface area (Å²) in [6, 6.07) is 4.57. The maximum atomic E-state index is 11.0. The molecule has 0 fully saturated rings. The molecule has 0 bridgehead atoms. The quantitative estimate of drug-likeness (QED) is 0.457. The molecule has 0 saturated heterocycles. The average molecular weight is 309 g/mol. The number of rotatable bonds is 6. The van der Waals surface area contributed by atoms with Gasteiger partial charge in [0.1, 0.15) is 17.7 Å². The minimum Gasteiger partial charge on any atom is -0.480 e. The topological polar surface area (TPSA) is 133 Å². The summed E-state index contributed by atoms with van der Waals surface area (Å²) in [5, 5.41) is 30.8. The lowest BCUT2D eigenvalue weighted by molar-refractivity contribution is -0.385. The lowest BCUT2D eigenvalue weighted by Crippen LogP contribution is -2.41. The van der Waals surface area contributed by atoms with Crippen molar-refractivity contribution in [3.8, 4) is 6.07 Å². The Bertz CT molecular complexity index is 626. The number of nitro benzene ring substituents is 1. The van der Waals surface area contributed by atoms with Gasteiger partial charge in [0.05, 0.1) is 4.92 Å². The molecule has 0 spiro atoms. The Balaban J connectivity index is 2.84. The highest BCUT2D eigenvalue weighted by molar-refractivity contribution is 7.99. The molecule has 1 aromatic rings. The van der Waals surface area contributed by atoms with Gasteiger partial charge >= 0.3 is 5.97 Å². The van der Waals surface area contributed by atoms with Crippen LogP contribution in [0.1, 0.15) is 12.5 Å². The van der Waals surface area contributed by atoms with Crippen molar-refractivity contribution in [1.82, 2.24) is 5.32 Å². The third kappa shape index (κ3) is 4.77. The maximum Gasteiger partial charge on any atom is 0.327 e. The molecule has 0 saturated carbocycles. The molecule has 0 aliphatic carbocycles.